The van der Waals surface area contributed by atoms with Crippen molar-refractivity contribution in [1.29, 1.82) is 0 Å². The van der Waals surface area contributed by atoms with Crippen LogP contribution in [0.15, 0.2) is 48.5 Å². The minimum atomic E-state index is -1.07. The highest BCUT2D eigenvalue weighted by molar-refractivity contribution is 6.06. The number of nitrogens with one attached hydrogen (secondary N) is 2. The van der Waals surface area contributed by atoms with Crippen LogP contribution in [0.4, 0.5) is 5.69 Å². The lowest BCUT2D eigenvalue weighted by Gasteiger charge is -2.26. The first-order valence-electron chi connectivity index (χ1n) is 10.2. The van der Waals surface area contributed by atoms with Gasteiger partial charge in [0.05, 0.1) is 18.7 Å². The van der Waals surface area contributed by atoms with Gasteiger partial charge in [-0.3, -0.25) is 19.3 Å². The normalized spacial score (nSPS) is 19.4. The smallest absolute Gasteiger partial charge is 0.327 e. The van der Waals surface area contributed by atoms with Gasteiger partial charge in [-0.25, -0.2) is 4.79 Å². The van der Waals surface area contributed by atoms with E-state index in [2.05, 4.69) is 10.6 Å². The molecule has 2 aliphatic heterocycles. The van der Waals surface area contributed by atoms with Crippen LogP contribution < -0.4 is 15.5 Å². The van der Waals surface area contributed by atoms with Crippen LogP contribution in [0.1, 0.15) is 23.1 Å². The SMILES string of the molecule is O=C(Cc1ccccc1)NCC(=O)N[C@H]1CCc2cccc3c2N(C1=O)[C@H](C(=O)O)C3. The Morgan fingerprint density at radius 3 is 2.48 bits per heavy atom. The highest BCUT2D eigenvalue weighted by Gasteiger charge is 2.43. The lowest BCUT2D eigenvalue weighted by molar-refractivity contribution is -0.140. The van der Waals surface area contributed by atoms with Gasteiger partial charge in [0.2, 0.25) is 17.7 Å². The van der Waals surface area contributed by atoms with Crippen LogP contribution in [0.3, 0.4) is 0 Å². The fourth-order valence-electron chi connectivity index (χ4n) is 4.23. The van der Waals surface area contributed by atoms with Gasteiger partial charge < -0.3 is 15.7 Å². The number of carboxylic acid groups (broad SMARTS) is 1. The molecule has 0 fully saturated rings. The van der Waals surface area contributed by atoms with Gasteiger partial charge in [-0.2, -0.15) is 0 Å². The summed E-state index contributed by atoms with van der Waals surface area (Å²) in [5, 5.41) is 14.8. The predicted octanol–water partition coefficient (Wildman–Crippen LogP) is 0.819. The first-order valence-corrected chi connectivity index (χ1v) is 10.2. The Labute approximate surface area is 179 Å². The Morgan fingerprint density at radius 2 is 1.74 bits per heavy atom. The summed E-state index contributed by atoms with van der Waals surface area (Å²) in [6.07, 6.45) is 1.31. The average Bonchev–Trinajstić information content (AvgIpc) is 3.10. The van der Waals surface area contributed by atoms with Gasteiger partial charge in [0.15, 0.2) is 0 Å². The Bertz CT molecular complexity index is 1040. The fraction of sp³-hybridized carbons (Fsp3) is 0.304. The number of amides is 3. The molecule has 2 atom stereocenters. The second-order valence-electron chi connectivity index (χ2n) is 7.79. The molecule has 0 radical (unpaired) electrons. The Morgan fingerprint density at radius 1 is 1.00 bits per heavy atom. The zero-order valence-electron chi connectivity index (χ0n) is 16.8. The maximum atomic E-state index is 13.2. The van der Waals surface area contributed by atoms with Crippen LogP contribution in [-0.4, -0.2) is 47.4 Å². The lowest BCUT2D eigenvalue weighted by Crippen LogP contribution is -2.53. The summed E-state index contributed by atoms with van der Waals surface area (Å²) in [6.45, 7) is -0.254. The summed E-state index contributed by atoms with van der Waals surface area (Å²) in [5.74, 6) is -2.29. The number of carbonyl (C=O) groups is 4. The molecule has 4 rings (SSSR count). The molecule has 2 aliphatic rings. The fourth-order valence-corrected chi connectivity index (χ4v) is 4.23. The quantitative estimate of drug-likeness (QED) is 0.639. The summed E-state index contributed by atoms with van der Waals surface area (Å²) >= 11 is 0. The van der Waals surface area contributed by atoms with Crippen LogP contribution in [0.25, 0.3) is 0 Å². The van der Waals surface area contributed by atoms with E-state index in [1.807, 2.05) is 48.5 Å². The van der Waals surface area contributed by atoms with E-state index < -0.39 is 29.9 Å². The number of carboxylic acids is 1. The van der Waals surface area contributed by atoms with Gasteiger partial charge in [-0.1, -0.05) is 48.5 Å². The summed E-state index contributed by atoms with van der Waals surface area (Å²) in [7, 11) is 0. The number of hydrogen-bond donors (Lipinski definition) is 3. The maximum Gasteiger partial charge on any atom is 0.327 e. The largest absolute Gasteiger partial charge is 0.480 e. The zero-order chi connectivity index (χ0) is 22.0. The molecule has 8 heteroatoms. The van der Waals surface area contributed by atoms with Crippen LogP contribution >= 0.6 is 0 Å². The number of carbonyl (C=O) groups excluding carboxylic acids is 3. The van der Waals surface area contributed by atoms with Crippen molar-refractivity contribution >= 4 is 29.4 Å². The summed E-state index contributed by atoms with van der Waals surface area (Å²) in [6, 6.07) is 12.9. The van der Waals surface area contributed by atoms with E-state index in [4.69, 9.17) is 0 Å². The van der Waals surface area contributed by atoms with Crippen LogP contribution in [0.2, 0.25) is 0 Å². The molecule has 2 aromatic rings. The number of nitrogens with zero attached hydrogens (tertiary/aromatic N) is 1. The van der Waals surface area contributed by atoms with E-state index in [1.165, 1.54) is 4.90 Å². The van der Waals surface area contributed by atoms with Crippen LogP contribution in [0, 0.1) is 0 Å². The van der Waals surface area contributed by atoms with Gasteiger partial charge in [0.25, 0.3) is 0 Å². The minimum Gasteiger partial charge on any atom is -0.480 e. The van der Waals surface area contributed by atoms with Crippen molar-refractivity contribution in [3.05, 3.63) is 65.2 Å². The van der Waals surface area contributed by atoms with Crippen molar-refractivity contribution in [3.8, 4) is 0 Å². The third-order valence-electron chi connectivity index (χ3n) is 5.68. The molecule has 0 saturated carbocycles. The van der Waals surface area contributed by atoms with Gasteiger partial charge in [-0.05, 0) is 29.5 Å². The monoisotopic (exact) mass is 421 g/mol. The molecule has 0 bridgehead atoms. The molecule has 31 heavy (non-hydrogen) atoms. The summed E-state index contributed by atoms with van der Waals surface area (Å²) in [5.41, 5.74) is 3.23. The predicted molar refractivity (Wildman–Crippen MR) is 112 cm³/mol. The summed E-state index contributed by atoms with van der Waals surface area (Å²) < 4.78 is 0. The molecule has 0 spiro atoms. The van der Waals surface area contributed by atoms with E-state index in [0.29, 0.717) is 18.5 Å². The standard InChI is InChI=1S/C23H23N3O5/c27-19(11-14-5-2-1-3-6-14)24-13-20(28)25-17-10-9-15-7-4-8-16-12-18(23(30)31)26(21(15)16)22(17)29/h1-8,17-18H,9-13H2,(H,24,27)(H,25,28)(H,30,31)/t17-,18-/m0/s1. The van der Waals surface area contributed by atoms with Crippen molar-refractivity contribution < 1.29 is 24.3 Å². The van der Waals surface area contributed by atoms with Crippen molar-refractivity contribution in [3.63, 3.8) is 0 Å². The molecular formula is C23H23N3O5. The van der Waals surface area contributed by atoms with Gasteiger partial charge >= 0.3 is 5.97 Å². The topological polar surface area (TPSA) is 116 Å². The molecular weight excluding hydrogens is 398 g/mol. The van der Waals surface area contributed by atoms with Crippen molar-refractivity contribution in [2.75, 3.05) is 11.4 Å². The molecule has 0 aromatic heterocycles. The highest BCUT2D eigenvalue weighted by atomic mass is 16.4. The van der Waals surface area contributed by atoms with E-state index in [0.717, 1.165) is 16.7 Å². The van der Waals surface area contributed by atoms with Crippen molar-refractivity contribution in [2.24, 2.45) is 0 Å². The molecule has 0 saturated heterocycles. The maximum absolute atomic E-state index is 13.2. The zero-order valence-corrected chi connectivity index (χ0v) is 16.8. The third kappa shape index (κ3) is 4.28. The first kappa shape index (κ1) is 20.6. The number of aryl methyl sites for hydroxylation is 1. The van der Waals surface area contributed by atoms with Crippen molar-refractivity contribution in [1.82, 2.24) is 10.6 Å². The van der Waals surface area contributed by atoms with E-state index in [9.17, 15) is 24.3 Å². The lowest BCUT2D eigenvalue weighted by atomic mass is 10.0. The molecule has 2 aromatic carbocycles. The van der Waals surface area contributed by atoms with E-state index in [1.54, 1.807) is 0 Å². The highest BCUT2D eigenvalue weighted by Crippen LogP contribution is 2.38. The Hall–Kier alpha value is -3.68. The van der Waals surface area contributed by atoms with Crippen LogP contribution in [0.5, 0.6) is 0 Å². The number of anilines is 1. The van der Waals surface area contributed by atoms with E-state index >= 15 is 0 Å². The number of benzene rings is 2. The molecule has 3 amide bonds. The van der Waals surface area contributed by atoms with Gasteiger partial charge in [0.1, 0.15) is 12.1 Å². The molecule has 3 N–H and O–H groups in total. The number of rotatable bonds is 6. The Kier molecular flexibility index (Phi) is 5.70. The van der Waals surface area contributed by atoms with Crippen molar-refractivity contribution in [2.45, 2.75) is 37.8 Å². The minimum absolute atomic E-state index is 0.155. The Balaban J connectivity index is 1.40. The molecule has 2 heterocycles. The second-order valence-corrected chi connectivity index (χ2v) is 7.79. The van der Waals surface area contributed by atoms with Gasteiger partial charge in [-0.15, -0.1) is 0 Å². The second kappa shape index (κ2) is 8.59. The first-order chi connectivity index (χ1) is 14.9. The molecule has 160 valence electrons. The third-order valence-corrected chi connectivity index (χ3v) is 5.68. The van der Waals surface area contributed by atoms with Gasteiger partial charge in [0, 0.05) is 6.42 Å². The molecule has 8 nitrogen and oxygen atoms in total. The van der Waals surface area contributed by atoms with E-state index in [-0.39, 0.29) is 25.3 Å². The molecule has 0 aliphatic carbocycles. The van der Waals surface area contributed by atoms with Crippen LogP contribution in [-0.2, 0) is 38.4 Å². The number of hydrogen-bond acceptors (Lipinski definition) is 4. The number of aliphatic carboxylic acids is 1. The summed E-state index contributed by atoms with van der Waals surface area (Å²) in [4.78, 5) is 50.7. The molecule has 0 unspecified atom stereocenters. The number of para-hydroxylation sites is 1. The average molecular weight is 421 g/mol.